The van der Waals surface area contributed by atoms with E-state index in [1.165, 1.54) is 5.56 Å². The van der Waals surface area contributed by atoms with Gasteiger partial charge in [-0.15, -0.1) is 0 Å². The summed E-state index contributed by atoms with van der Waals surface area (Å²) in [5, 5.41) is 2.88. The first-order valence-electron chi connectivity index (χ1n) is 7.11. The largest absolute Gasteiger partial charge is 0.397 e. The van der Waals surface area contributed by atoms with Crippen molar-refractivity contribution >= 4 is 23.0 Å². The minimum Gasteiger partial charge on any atom is -0.397 e. The summed E-state index contributed by atoms with van der Waals surface area (Å²) in [4.78, 5) is 13.6. The first-order chi connectivity index (χ1) is 10.1. The molecule has 0 radical (unpaired) electrons. The second kappa shape index (κ2) is 5.48. The third-order valence-electron chi connectivity index (χ3n) is 3.82. The molecule has 1 heterocycles. The lowest BCUT2D eigenvalue weighted by Crippen LogP contribution is -2.22. The standard InChI is InChI=1S/C17H19N3O/c1-20(11-12-5-3-2-4-6-12)16-9-13-7-8-17(21)19-15(13)10-14(16)18/h2-6,9-10H,7-8,11,18H2,1H3,(H,19,21). The summed E-state index contributed by atoms with van der Waals surface area (Å²) in [6.45, 7) is 0.802. The average molecular weight is 281 g/mol. The Balaban J connectivity index is 1.86. The molecular weight excluding hydrogens is 262 g/mol. The van der Waals surface area contributed by atoms with Gasteiger partial charge in [-0.2, -0.15) is 0 Å². The lowest BCUT2D eigenvalue weighted by molar-refractivity contribution is -0.116. The van der Waals surface area contributed by atoms with Crippen LogP contribution >= 0.6 is 0 Å². The van der Waals surface area contributed by atoms with E-state index in [1.54, 1.807) is 0 Å². The van der Waals surface area contributed by atoms with Crippen molar-refractivity contribution in [3.8, 4) is 0 Å². The predicted molar refractivity (Wildman–Crippen MR) is 86.4 cm³/mol. The zero-order valence-corrected chi connectivity index (χ0v) is 12.1. The minimum atomic E-state index is 0.0623. The van der Waals surface area contributed by atoms with Crippen LogP contribution in [-0.2, 0) is 17.8 Å². The fourth-order valence-electron chi connectivity index (χ4n) is 2.71. The molecule has 0 atom stereocenters. The highest BCUT2D eigenvalue weighted by Crippen LogP contribution is 2.33. The Morgan fingerprint density at radius 1 is 1.19 bits per heavy atom. The molecule has 3 N–H and O–H groups in total. The lowest BCUT2D eigenvalue weighted by atomic mass is 10.0. The Kier molecular flexibility index (Phi) is 3.52. The van der Waals surface area contributed by atoms with Crippen LogP contribution in [0.25, 0.3) is 0 Å². The number of hydrogen-bond acceptors (Lipinski definition) is 3. The van der Waals surface area contributed by atoms with Gasteiger partial charge >= 0.3 is 0 Å². The zero-order valence-electron chi connectivity index (χ0n) is 12.1. The molecule has 0 aliphatic carbocycles. The Hall–Kier alpha value is -2.49. The fraction of sp³-hybridized carbons (Fsp3) is 0.235. The number of carbonyl (C=O) groups is 1. The maximum absolute atomic E-state index is 11.4. The number of nitrogens with one attached hydrogen (secondary N) is 1. The van der Waals surface area contributed by atoms with Gasteiger partial charge in [0.05, 0.1) is 11.4 Å². The number of nitrogens with two attached hydrogens (primary N) is 1. The molecule has 0 spiro atoms. The van der Waals surface area contributed by atoms with Gasteiger partial charge in [-0.1, -0.05) is 30.3 Å². The van der Waals surface area contributed by atoms with Crippen molar-refractivity contribution in [1.82, 2.24) is 0 Å². The summed E-state index contributed by atoms with van der Waals surface area (Å²) in [6, 6.07) is 14.2. The smallest absolute Gasteiger partial charge is 0.224 e. The predicted octanol–water partition coefficient (Wildman–Crippen LogP) is 2.79. The van der Waals surface area contributed by atoms with Gasteiger partial charge in [-0.25, -0.2) is 0 Å². The summed E-state index contributed by atoms with van der Waals surface area (Å²) < 4.78 is 0. The first-order valence-corrected chi connectivity index (χ1v) is 7.11. The number of hydrogen-bond donors (Lipinski definition) is 2. The molecule has 3 rings (SSSR count). The maximum Gasteiger partial charge on any atom is 0.224 e. The monoisotopic (exact) mass is 281 g/mol. The van der Waals surface area contributed by atoms with Gasteiger partial charge in [0.2, 0.25) is 5.91 Å². The highest BCUT2D eigenvalue weighted by atomic mass is 16.1. The van der Waals surface area contributed by atoms with E-state index in [-0.39, 0.29) is 5.91 Å². The molecule has 1 amide bonds. The van der Waals surface area contributed by atoms with Gasteiger partial charge in [0, 0.05) is 25.7 Å². The number of fused-ring (bicyclic) bond motifs is 1. The van der Waals surface area contributed by atoms with Crippen LogP contribution in [-0.4, -0.2) is 13.0 Å². The third kappa shape index (κ3) is 2.84. The molecule has 1 aliphatic heterocycles. The topological polar surface area (TPSA) is 58.4 Å². The van der Waals surface area contributed by atoms with Gasteiger partial charge < -0.3 is 16.0 Å². The lowest BCUT2D eigenvalue weighted by Gasteiger charge is -2.25. The number of nitrogen functional groups attached to an aromatic ring is 1. The normalized spacial score (nSPS) is 13.5. The van der Waals surface area contributed by atoms with Crippen molar-refractivity contribution in [2.45, 2.75) is 19.4 Å². The van der Waals surface area contributed by atoms with Crippen molar-refractivity contribution in [3.63, 3.8) is 0 Å². The van der Waals surface area contributed by atoms with Gasteiger partial charge in [-0.3, -0.25) is 4.79 Å². The van der Waals surface area contributed by atoms with Gasteiger partial charge in [0.15, 0.2) is 0 Å². The molecule has 4 nitrogen and oxygen atoms in total. The molecule has 2 aromatic carbocycles. The van der Waals surface area contributed by atoms with Gasteiger partial charge in [-0.05, 0) is 29.7 Å². The molecule has 21 heavy (non-hydrogen) atoms. The molecule has 1 aliphatic rings. The summed E-state index contributed by atoms with van der Waals surface area (Å²) >= 11 is 0. The summed E-state index contributed by atoms with van der Waals surface area (Å²) in [5.74, 6) is 0.0623. The molecule has 0 bridgehead atoms. The SMILES string of the molecule is CN(Cc1ccccc1)c1cc2c(cc1N)NC(=O)CC2. The van der Waals surface area contributed by atoms with Gasteiger partial charge in [0.25, 0.3) is 0 Å². The molecular formula is C17H19N3O. The van der Waals surface area contributed by atoms with Crippen molar-refractivity contribution in [2.75, 3.05) is 23.0 Å². The summed E-state index contributed by atoms with van der Waals surface area (Å²) in [6.07, 6.45) is 1.31. The van der Waals surface area contributed by atoms with Crippen LogP contribution in [0, 0.1) is 0 Å². The first kappa shape index (κ1) is 13.5. The highest BCUT2D eigenvalue weighted by Gasteiger charge is 2.18. The second-order valence-electron chi connectivity index (χ2n) is 5.46. The van der Waals surface area contributed by atoms with Crippen molar-refractivity contribution < 1.29 is 4.79 Å². The van der Waals surface area contributed by atoms with Crippen LogP contribution in [0.4, 0.5) is 17.1 Å². The number of benzene rings is 2. The number of aryl methyl sites for hydroxylation is 1. The van der Waals surface area contributed by atoms with Crippen LogP contribution in [0.5, 0.6) is 0 Å². The molecule has 2 aromatic rings. The van der Waals surface area contributed by atoms with E-state index in [2.05, 4.69) is 28.4 Å². The Morgan fingerprint density at radius 3 is 2.71 bits per heavy atom. The van der Waals surface area contributed by atoms with Crippen molar-refractivity contribution in [1.29, 1.82) is 0 Å². The Bertz CT molecular complexity index is 667. The molecule has 108 valence electrons. The Labute approximate surface area is 124 Å². The number of carbonyl (C=O) groups excluding carboxylic acids is 1. The fourth-order valence-corrected chi connectivity index (χ4v) is 2.71. The van der Waals surface area contributed by atoms with Crippen molar-refractivity contribution in [2.24, 2.45) is 0 Å². The van der Waals surface area contributed by atoms with E-state index in [4.69, 9.17) is 5.73 Å². The molecule has 0 fully saturated rings. The van der Waals surface area contributed by atoms with Crippen LogP contribution in [0.1, 0.15) is 17.5 Å². The van der Waals surface area contributed by atoms with Crippen LogP contribution in [0.3, 0.4) is 0 Å². The number of nitrogens with zero attached hydrogens (tertiary/aromatic N) is 1. The van der Waals surface area contributed by atoms with Crippen LogP contribution in [0.2, 0.25) is 0 Å². The van der Waals surface area contributed by atoms with E-state index >= 15 is 0 Å². The zero-order chi connectivity index (χ0) is 14.8. The van der Waals surface area contributed by atoms with Crippen LogP contribution in [0.15, 0.2) is 42.5 Å². The van der Waals surface area contributed by atoms with E-state index in [0.717, 1.165) is 29.9 Å². The van der Waals surface area contributed by atoms with Gasteiger partial charge in [0.1, 0.15) is 0 Å². The molecule has 0 saturated heterocycles. The number of rotatable bonds is 3. The Morgan fingerprint density at radius 2 is 1.95 bits per heavy atom. The molecule has 0 saturated carbocycles. The molecule has 4 heteroatoms. The molecule has 0 aromatic heterocycles. The van der Waals surface area contributed by atoms with E-state index in [9.17, 15) is 4.79 Å². The summed E-state index contributed by atoms with van der Waals surface area (Å²) in [7, 11) is 2.03. The van der Waals surface area contributed by atoms with Crippen molar-refractivity contribution in [3.05, 3.63) is 53.6 Å². The maximum atomic E-state index is 11.4. The minimum absolute atomic E-state index is 0.0623. The van der Waals surface area contributed by atoms with E-state index < -0.39 is 0 Å². The average Bonchev–Trinajstić information content (AvgIpc) is 2.47. The van der Waals surface area contributed by atoms with E-state index in [1.807, 2.05) is 31.3 Å². The number of amides is 1. The highest BCUT2D eigenvalue weighted by molar-refractivity contribution is 5.95. The van der Waals surface area contributed by atoms with E-state index in [0.29, 0.717) is 12.1 Å². The molecule has 0 unspecified atom stereocenters. The summed E-state index contributed by atoms with van der Waals surface area (Å²) in [5.41, 5.74) is 11.1. The quantitative estimate of drug-likeness (QED) is 0.851. The number of anilines is 3. The second-order valence-corrected chi connectivity index (χ2v) is 5.46. The van der Waals surface area contributed by atoms with Crippen LogP contribution < -0.4 is 16.0 Å². The third-order valence-corrected chi connectivity index (χ3v) is 3.82.